The molecule has 0 saturated heterocycles. The second-order valence-corrected chi connectivity index (χ2v) is 6.82. The molecule has 3 nitrogen and oxygen atoms in total. The van der Waals surface area contributed by atoms with Crippen LogP contribution in [-0.4, -0.2) is 26.0 Å². The molecule has 4 heteroatoms. The summed E-state index contributed by atoms with van der Waals surface area (Å²) >= 11 is 1.90. The summed E-state index contributed by atoms with van der Waals surface area (Å²) in [7, 11) is 4.03. The fraction of sp³-hybridized carbons (Fsp3) is 0.294. The molecule has 1 atom stereocenters. The van der Waals surface area contributed by atoms with Crippen LogP contribution in [0.5, 0.6) is 5.75 Å². The van der Waals surface area contributed by atoms with Gasteiger partial charge in [0.05, 0.1) is 5.69 Å². The van der Waals surface area contributed by atoms with Gasteiger partial charge in [-0.05, 0) is 30.2 Å². The summed E-state index contributed by atoms with van der Waals surface area (Å²) in [5.41, 5.74) is 9.22. The molecule has 3 rings (SSSR count). The third kappa shape index (κ3) is 3.10. The number of nitrogens with zero attached hydrogens (tertiary/aromatic N) is 1. The number of fused-ring (bicyclic) bond motifs is 1. The lowest BCUT2D eigenvalue weighted by molar-refractivity contribution is 0.319. The molecule has 1 heterocycles. The average molecular weight is 300 g/mol. The Hall–Kier alpha value is -1.81. The Balaban J connectivity index is 1.65. The molecule has 0 bridgehead atoms. The van der Waals surface area contributed by atoms with Crippen LogP contribution in [-0.2, 0) is 6.42 Å². The molecule has 0 aliphatic carbocycles. The number of nitrogens with two attached hydrogens (primary N) is 1. The first-order valence-corrected chi connectivity index (χ1v) is 7.95. The van der Waals surface area contributed by atoms with Gasteiger partial charge in [-0.25, -0.2) is 0 Å². The van der Waals surface area contributed by atoms with Gasteiger partial charge in [0, 0.05) is 36.0 Å². The molecule has 0 fully saturated rings. The number of benzene rings is 2. The number of hydrogen-bond acceptors (Lipinski definition) is 4. The van der Waals surface area contributed by atoms with Crippen molar-refractivity contribution in [2.24, 2.45) is 0 Å². The van der Waals surface area contributed by atoms with Crippen LogP contribution in [0.3, 0.4) is 0 Å². The third-order valence-corrected chi connectivity index (χ3v) is 4.94. The van der Waals surface area contributed by atoms with Crippen molar-refractivity contribution in [1.29, 1.82) is 0 Å². The number of hydrogen-bond donors (Lipinski definition) is 1. The number of nitrogen functional groups attached to an aromatic ring is 1. The van der Waals surface area contributed by atoms with E-state index in [2.05, 4.69) is 24.3 Å². The van der Waals surface area contributed by atoms with Gasteiger partial charge in [0.2, 0.25) is 0 Å². The fourth-order valence-electron chi connectivity index (χ4n) is 2.46. The highest BCUT2D eigenvalue weighted by Crippen LogP contribution is 2.37. The standard InChI is InChI=1S/C17H20N2OS/c1-19(2)13-7-8-15(18)16(10-13)20-11-14-9-12-5-3-4-6-17(12)21-14/h3-8,10,14H,9,11,18H2,1-2H3. The van der Waals surface area contributed by atoms with Crippen molar-refractivity contribution >= 4 is 23.1 Å². The number of rotatable bonds is 4. The molecule has 1 unspecified atom stereocenters. The summed E-state index contributed by atoms with van der Waals surface area (Å²) in [6.07, 6.45) is 1.06. The van der Waals surface area contributed by atoms with Gasteiger partial charge < -0.3 is 15.4 Å². The normalized spacial score (nSPS) is 16.6. The Morgan fingerprint density at radius 3 is 2.81 bits per heavy atom. The molecule has 0 radical (unpaired) electrons. The quantitative estimate of drug-likeness (QED) is 0.878. The highest BCUT2D eigenvalue weighted by atomic mass is 32.2. The Morgan fingerprint density at radius 1 is 1.24 bits per heavy atom. The Bertz CT molecular complexity index is 617. The van der Waals surface area contributed by atoms with Gasteiger partial charge in [0.15, 0.2) is 0 Å². The van der Waals surface area contributed by atoms with Crippen molar-refractivity contribution in [2.75, 3.05) is 31.3 Å². The first-order chi connectivity index (χ1) is 10.1. The minimum Gasteiger partial charge on any atom is -0.490 e. The second kappa shape index (κ2) is 5.90. The van der Waals surface area contributed by atoms with Crippen LogP contribution in [0.2, 0.25) is 0 Å². The number of anilines is 2. The number of thioether (sulfide) groups is 1. The van der Waals surface area contributed by atoms with Crippen LogP contribution < -0.4 is 15.4 Å². The maximum atomic E-state index is 6.01. The van der Waals surface area contributed by atoms with Crippen molar-refractivity contribution in [1.82, 2.24) is 0 Å². The van der Waals surface area contributed by atoms with Crippen LogP contribution in [0.1, 0.15) is 5.56 Å². The predicted molar refractivity (Wildman–Crippen MR) is 90.5 cm³/mol. The molecule has 0 spiro atoms. The van der Waals surface area contributed by atoms with Gasteiger partial charge in [-0.3, -0.25) is 0 Å². The monoisotopic (exact) mass is 300 g/mol. The van der Waals surface area contributed by atoms with Gasteiger partial charge in [-0.15, -0.1) is 11.8 Å². The summed E-state index contributed by atoms with van der Waals surface area (Å²) in [6.45, 7) is 0.681. The van der Waals surface area contributed by atoms with E-state index in [4.69, 9.17) is 10.5 Å². The summed E-state index contributed by atoms with van der Waals surface area (Å²) < 4.78 is 5.97. The first-order valence-electron chi connectivity index (χ1n) is 7.07. The van der Waals surface area contributed by atoms with Crippen molar-refractivity contribution < 1.29 is 4.74 Å². The van der Waals surface area contributed by atoms with Crippen molar-refractivity contribution in [3.05, 3.63) is 48.0 Å². The molecule has 2 aromatic rings. The van der Waals surface area contributed by atoms with E-state index in [0.717, 1.165) is 17.9 Å². The van der Waals surface area contributed by atoms with E-state index in [1.54, 1.807) is 0 Å². The summed E-state index contributed by atoms with van der Waals surface area (Å²) in [5.74, 6) is 0.776. The van der Waals surface area contributed by atoms with Gasteiger partial charge in [0.25, 0.3) is 0 Å². The third-order valence-electron chi connectivity index (χ3n) is 3.65. The summed E-state index contributed by atoms with van der Waals surface area (Å²) in [6, 6.07) is 14.5. The van der Waals surface area contributed by atoms with Gasteiger partial charge in [-0.1, -0.05) is 18.2 Å². The zero-order valence-electron chi connectivity index (χ0n) is 12.4. The molecule has 0 saturated carbocycles. The molecule has 0 aromatic heterocycles. The molecule has 1 aliphatic heterocycles. The molecule has 1 aliphatic rings. The molecule has 110 valence electrons. The number of ether oxygens (including phenoxy) is 1. The van der Waals surface area contributed by atoms with Gasteiger partial charge in [0.1, 0.15) is 12.4 Å². The van der Waals surface area contributed by atoms with Gasteiger partial charge in [-0.2, -0.15) is 0 Å². The average Bonchev–Trinajstić information content (AvgIpc) is 2.89. The highest BCUT2D eigenvalue weighted by Gasteiger charge is 2.22. The first kappa shape index (κ1) is 14.1. The van der Waals surface area contributed by atoms with Crippen LogP contribution >= 0.6 is 11.8 Å². The molecule has 2 aromatic carbocycles. The molecular weight excluding hydrogens is 280 g/mol. The largest absolute Gasteiger partial charge is 0.490 e. The second-order valence-electron chi connectivity index (χ2n) is 5.48. The van der Waals surface area contributed by atoms with Crippen molar-refractivity contribution in [3.8, 4) is 5.75 Å². The van der Waals surface area contributed by atoms with Crippen LogP contribution in [0, 0.1) is 0 Å². The minimum atomic E-state index is 0.463. The highest BCUT2D eigenvalue weighted by molar-refractivity contribution is 8.00. The van der Waals surface area contributed by atoms with Crippen LogP contribution in [0.25, 0.3) is 0 Å². The molecule has 21 heavy (non-hydrogen) atoms. The maximum absolute atomic E-state index is 6.01. The van der Waals surface area contributed by atoms with Gasteiger partial charge >= 0.3 is 0 Å². The minimum absolute atomic E-state index is 0.463. The van der Waals surface area contributed by atoms with E-state index in [-0.39, 0.29) is 0 Å². The van der Waals surface area contributed by atoms with E-state index >= 15 is 0 Å². The Morgan fingerprint density at radius 2 is 2.05 bits per heavy atom. The molecule has 0 amide bonds. The summed E-state index contributed by atoms with van der Waals surface area (Å²) in [5, 5.41) is 0.463. The fourth-order valence-corrected chi connectivity index (χ4v) is 3.67. The van der Waals surface area contributed by atoms with E-state index in [1.165, 1.54) is 10.5 Å². The van der Waals surface area contributed by atoms with Crippen LogP contribution in [0.4, 0.5) is 11.4 Å². The van der Waals surface area contributed by atoms with E-state index in [0.29, 0.717) is 17.5 Å². The SMILES string of the molecule is CN(C)c1ccc(N)c(OCC2Cc3ccccc3S2)c1. The van der Waals surface area contributed by atoms with E-state index in [9.17, 15) is 0 Å². The smallest absolute Gasteiger partial charge is 0.144 e. The van der Waals surface area contributed by atoms with Crippen molar-refractivity contribution in [3.63, 3.8) is 0 Å². The maximum Gasteiger partial charge on any atom is 0.144 e. The molecule has 2 N–H and O–H groups in total. The van der Waals surface area contributed by atoms with Crippen LogP contribution in [0.15, 0.2) is 47.4 Å². The Kier molecular flexibility index (Phi) is 3.97. The zero-order chi connectivity index (χ0) is 14.8. The topological polar surface area (TPSA) is 38.5 Å². The van der Waals surface area contributed by atoms with E-state index < -0.39 is 0 Å². The molecular formula is C17H20N2OS. The van der Waals surface area contributed by atoms with Crippen molar-refractivity contribution in [2.45, 2.75) is 16.6 Å². The summed E-state index contributed by atoms with van der Waals surface area (Å²) in [4.78, 5) is 3.42. The lowest BCUT2D eigenvalue weighted by Crippen LogP contribution is -2.15. The lowest BCUT2D eigenvalue weighted by atomic mass is 10.1. The predicted octanol–water partition coefficient (Wildman–Crippen LogP) is 3.43. The lowest BCUT2D eigenvalue weighted by Gasteiger charge is -2.17. The van der Waals surface area contributed by atoms with E-state index in [1.807, 2.05) is 49.0 Å². The zero-order valence-corrected chi connectivity index (χ0v) is 13.2. The Labute approximate surface area is 130 Å².